The van der Waals surface area contributed by atoms with E-state index in [2.05, 4.69) is 27.7 Å². The highest BCUT2D eigenvalue weighted by molar-refractivity contribution is 5.49. The first-order valence-electron chi connectivity index (χ1n) is 3.89. The molecule has 0 fully saturated rings. The van der Waals surface area contributed by atoms with Gasteiger partial charge in [-0.05, 0) is 17.8 Å². The van der Waals surface area contributed by atoms with Crippen LogP contribution in [0.5, 0.6) is 0 Å². The monoisotopic (exact) mass is 142 g/mol. The summed E-state index contributed by atoms with van der Waals surface area (Å²) in [5, 5.41) is 0. The van der Waals surface area contributed by atoms with Crippen LogP contribution in [0.4, 0.5) is 0 Å². The molecule has 0 N–H and O–H groups in total. The second kappa shape index (κ2) is 3.75. The van der Waals surface area contributed by atoms with Crippen LogP contribution in [0.3, 0.4) is 0 Å². The lowest BCUT2D eigenvalue weighted by atomic mass is 9.84. The molecular weight excluding hydrogens is 124 g/mol. The molecule has 0 aromatic rings. The molecule has 10 heavy (non-hydrogen) atoms. The minimum absolute atomic E-state index is 0.364. The second-order valence-electron chi connectivity index (χ2n) is 4.27. The van der Waals surface area contributed by atoms with Gasteiger partial charge in [0.25, 0.3) is 0 Å². The van der Waals surface area contributed by atoms with Gasteiger partial charge in [-0.3, -0.25) is 0 Å². The highest BCUT2D eigenvalue weighted by atomic mass is 16.1. The lowest BCUT2D eigenvalue weighted by Gasteiger charge is -2.21. The minimum atomic E-state index is 0.364. The van der Waals surface area contributed by atoms with Crippen molar-refractivity contribution in [2.45, 2.75) is 40.5 Å². The molecule has 0 aliphatic heterocycles. The summed E-state index contributed by atoms with van der Waals surface area (Å²) in [5.41, 5.74) is 0.364. The van der Waals surface area contributed by atoms with Crippen molar-refractivity contribution in [3.05, 3.63) is 0 Å². The first kappa shape index (κ1) is 9.67. The van der Waals surface area contributed by atoms with Gasteiger partial charge in [-0.25, -0.2) is 0 Å². The third-order valence-electron chi connectivity index (χ3n) is 1.46. The Morgan fingerprint density at radius 1 is 1.40 bits per heavy atom. The molecule has 0 unspecified atom stereocenters. The van der Waals surface area contributed by atoms with Crippen LogP contribution in [0.25, 0.3) is 0 Å². The highest BCUT2D eigenvalue weighted by Gasteiger charge is 2.14. The van der Waals surface area contributed by atoms with Gasteiger partial charge in [-0.15, -0.1) is 0 Å². The van der Waals surface area contributed by atoms with E-state index in [-0.39, 0.29) is 0 Å². The zero-order valence-corrected chi connectivity index (χ0v) is 7.48. The molecule has 60 valence electrons. The van der Waals surface area contributed by atoms with Gasteiger partial charge >= 0.3 is 0 Å². The van der Waals surface area contributed by atoms with Crippen LogP contribution in [-0.2, 0) is 4.79 Å². The van der Waals surface area contributed by atoms with Crippen LogP contribution < -0.4 is 0 Å². The Balaban J connectivity index is 3.56. The number of hydrogen-bond acceptors (Lipinski definition) is 1. The van der Waals surface area contributed by atoms with Crippen molar-refractivity contribution in [1.29, 1.82) is 0 Å². The minimum Gasteiger partial charge on any atom is -0.303 e. The maximum absolute atomic E-state index is 10.1. The van der Waals surface area contributed by atoms with Crippen LogP contribution in [0, 0.1) is 11.3 Å². The van der Waals surface area contributed by atoms with Gasteiger partial charge in [0.05, 0.1) is 0 Å². The Labute approximate surface area is 63.8 Å². The van der Waals surface area contributed by atoms with E-state index in [1.54, 1.807) is 0 Å². The number of hydrogen-bond donors (Lipinski definition) is 0. The van der Waals surface area contributed by atoms with E-state index >= 15 is 0 Å². The fourth-order valence-corrected chi connectivity index (χ4v) is 1.29. The smallest absolute Gasteiger partial charge is 0.120 e. The Bertz CT molecular complexity index is 99.8. The normalized spacial score (nSPS) is 14.8. The first-order valence-corrected chi connectivity index (χ1v) is 3.89. The highest BCUT2D eigenvalue weighted by Crippen LogP contribution is 2.24. The van der Waals surface area contributed by atoms with Crippen LogP contribution in [0.2, 0.25) is 0 Å². The summed E-state index contributed by atoms with van der Waals surface area (Å²) >= 11 is 0. The maximum atomic E-state index is 10.1. The first-order chi connectivity index (χ1) is 4.45. The van der Waals surface area contributed by atoms with Gasteiger partial charge in [0, 0.05) is 6.42 Å². The molecular formula is C9H18O. The second-order valence-corrected chi connectivity index (χ2v) is 4.27. The molecule has 0 aliphatic rings. The van der Waals surface area contributed by atoms with Crippen molar-refractivity contribution in [3.63, 3.8) is 0 Å². The van der Waals surface area contributed by atoms with Crippen LogP contribution >= 0.6 is 0 Å². The van der Waals surface area contributed by atoms with Gasteiger partial charge in [-0.1, -0.05) is 27.7 Å². The average Bonchev–Trinajstić information content (AvgIpc) is 1.59. The number of carbonyl (C=O) groups excluding carboxylic acids is 1. The SMILES string of the molecule is C[C@@H](CC=O)CC(C)(C)C. The van der Waals surface area contributed by atoms with E-state index in [0.717, 1.165) is 12.7 Å². The summed E-state index contributed by atoms with van der Waals surface area (Å²) in [7, 11) is 0. The van der Waals surface area contributed by atoms with E-state index in [9.17, 15) is 4.79 Å². The van der Waals surface area contributed by atoms with Gasteiger partial charge in [-0.2, -0.15) is 0 Å². The zero-order chi connectivity index (χ0) is 8.20. The molecule has 1 heteroatoms. The predicted molar refractivity (Wildman–Crippen MR) is 43.9 cm³/mol. The fourth-order valence-electron chi connectivity index (χ4n) is 1.29. The van der Waals surface area contributed by atoms with Crippen molar-refractivity contribution >= 4 is 6.29 Å². The Hall–Kier alpha value is -0.330. The number of aldehydes is 1. The molecule has 0 saturated heterocycles. The Morgan fingerprint density at radius 2 is 1.90 bits per heavy atom. The zero-order valence-electron chi connectivity index (χ0n) is 7.48. The molecule has 0 amide bonds. The lowest BCUT2D eigenvalue weighted by molar-refractivity contribution is -0.108. The maximum Gasteiger partial charge on any atom is 0.120 e. The predicted octanol–water partition coefficient (Wildman–Crippen LogP) is 2.65. The quantitative estimate of drug-likeness (QED) is 0.554. The third-order valence-corrected chi connectivity index (χ3v) is 1.46. The van der Waals surface area contributed by atoms with Gasteiger partial charge in [0.1, 0.15) is 6.29 Å². The largest absolute Gasteiger partial charge is 0.303 e. The van der Waals surface area contributed by atoms with Crippen LogP contribution in [-0.4, -0.2) is 6.29 Å². The van der Waals surface area contributed by atoms with Crippen molar-refractivity contribution in [2.75, 3.05) is 0 Å². The van der Waals surface area contributed by atoms with Crippen LogP contribution in [0.1, 0.15) is 40.5 Å². The summed E-state index contributed by atoms with van der Waals surface area (Å²) in [6.45, 7) is 8.73. The molecule has 1 nitrogen and oxygen atoms in total. The third kappa shape index (κ3) is 5.80. The lowest BCUT2D eigenvalue weighted by Crippen LogP contribution is -2.11. The molecule has 0 rings (SSSR count). The summed E-state index contributed by atoms with van der Waals surface area (Å²) in [5.74, 6) is 0.539. The van der Waals surface area contributed by atoms with Crippen molar-refractivity contribution in [1.82, 2.24) is 0 Å². The fraction of sp³-hybridized carbons (Fsp3) is 0.889. The van der Waals surface area contributed by atoms with E-state index in [1.807, 2.05) is 0 Å². The van der Waals surface area contributed by atoms with Gasteiger partial charge < -0.3 is 4.79 Å². The summed E-state index contributed by atoms with van der Waals surface area (Å²) in [4.78, 5) is 10.1. The molecule has 0 radical (unpaired) electrons. The molecule has 0 heterocycles. The van der Waals surface area contributed by atoms with Crippen molar-refractivity contribution in [3.8, 4) is 0 Å². The Morgan fingerprint density at radius 3 is 2.20 bits per heavy atom. The van der Waals surface area contributed by atoms with E-state index in [1.165, 1.54) is 0 Å². The molecule has 0 aliphatic carbocycles. The van der Waals surface area contributed by atoms with Crippen molar-refractivity contribution < 1.29 is 4.79 Å². The summed E-state index contributed by atoms with van der Waals surface area (Å²) in [6, 6.07) is 0. The van der Waals surface area contributed by atoms with E-state index in [0.29, 0.717) is 17.8 Å². The molecule has 0 spiro atoms. The van der Waals surface area contributed by atoms with Gasteiger partial charge in [0.15, 0.2) is 0 Å². The Kier molecular flexibility index (Phi) is 3.62. The van der Waals surface area contributed by atoms with E-state index in [4.69, 9.17) is 0 Å². The molecule has 0 saturated carbocycles. The standard InChI is InChI=1S/C9H18O/c1-8(5-6-10)7-9(2,3)4/h6,8H,5,7H2,1-4H3/t8-/m0/s1. The number of rotatable bonds is 3. The summed E-state index contributed by atoms with van der Waals surface area (Å²) in [6.07, 6.45) is 2.85. The molecule has 1 atom stereocenters. The molecule has 0 bridgehead atoms. The van der Waals surface area contributed by atoms with Crippen LogP contribution in [0.15, 0.2) is 0 Å². The van der Waals surface area contributed by atoms with E-state index < -0.39 is 0 Å². The van der Waals surface area contributed by atoms with Gasteiger partial charge in [0.2, 0.25) is 0 Å². The molecule has 0 aromatic carbocycles. The average molecular weight is 142 g/mol. The topological polar surface area (TPSA) is 17.1 Å². The molecule has 0 aromatic heterocycles. The van der Waals surface area contributed by atoms with Crippen molar-refractivity contribution in [2.24, 2.45) is 11.3 Å². The number of carbonyl (C=O) groups is 1. The summed E-state index contributed by atoms with van der Waals surface area (Å²) < 4.78 is 0.